The van der Waals surface area contributed by atoms with Gasteiger partial charge in [0.25, 0.3) is 15.7 Å². The van der Waals surface area contributed by atoms with Gasteiger partial charge in [0.15, 0.2) is 0 Å². The lowest BCUT2D eigenvalue weighted by atomic mass is 10.2. The summed E-state index contributed by atoms with van der Waals surface area (Å²) in [6.45, 7) is 0.172. The Morgan fingerprint density at radius 1 is 1.36 bits per heavy atom. The quantitative estimate of drug-likeness (QED) is 0.337. The third kappa shape index (κ3) is 3.69. The molecule has 11 heteroatoms. The Hall–Kier alpha value is -2.72. The van der Waals surface area contributed by atoms with Crippen molar-refractivity contribution in [3.63, 3.8) is 0 Å². The van der Waals surface area contributed by atoms with E-state index in [1.54, 1.807) is 0 Å². The average molecular weight is 384 g/mol. The molecule has 0 aromatic heterocycles. The van der Waals surface area contributed by atoms with E-state index in [-0.39, 0.29) is 40.2 Å². The van der Waals surface area contributed by atoms with E-state index in [9.17, 15) is 23.3 Å². The molecule has 2 heterocycles. The first-order valence-corrected chi connectivity index (χ1v) is 8.89. The van der Waals surface area contributed by atoms with Gasteiger partial charge in [-0.2, -0.15) is 0 Å². The van der Waals surface area contributed by atoms with E-state index in [1.165, 1.54) is 35.4 Å². The number of nitrogens with zero attached hydrogens (tertiary/aromatic N) is 3. The predicted octanol–water partition coefficient (Wildman–Crippen LogP) is 1.65. The molecule has 2 aliphatic heterocycles. The van der Waals surface area contributed by atoms with Crippen LogP contribution in [0.3, 0.4) is 0 Å². The maximum absolute atomic E-state index is 12.2. The first-order valence-electron chi connectivity index (χ1n) is 6.90. The van der Waals surface area contributed by atoms with Crippen LogP contribution in [0.1, 0.15) is 0 Å². The lowest BCUT2D eigenvalue weighted by Gasteiger charge is -2.26. The standard InChI is InChI=1S/C14H10ClN3O6S/c15-11-7-10(2-3-12(11)18(20)21)24-14(19)9-1-4-13-16-25(22,23)6-5-17(13)8-9/h1-4,7-8H,5-6H2. The van der Waals surface area contributed by atoms with E-state index in [1.807, 2.05) is 0 Å². The Morgan fingerprint density at radius 2 is 2.12 bits per heavy atom. The molecule has 0 atom stereocenters. The summed E-state index contributed by atoms with van der Waals surface area (Å²) < 4.78 is 31.6. The maximum Gasteiger partial charge on any atom is 0.345 e. The number of hydrogen-bond acceptors (Lipinski definition) is 7. The van der Waals surface area contributed by atoms with E-state index in [4.69, 9.17) is 16.3 Å². The number of nitro benzene ring substituents is 1. The molecule has 3 rings (SSSR count). The molecule has 1 aromatic rings. The Bertz CT molecular complexity index is 967. The molecule has 0 N–H and O–H groups in total. The van der Waals surface area contributed by atoms with Crippen LogP contribution in [-0.2, 0) is 14.8 Å². The molecule has 0 spiro atoms. The van der Waals surface area contributed by atoms with E-state index in [0.29, 0.717) is 0 Å². The highest BCUT2D eigenvalue weighted by Gasteiger charge is 2.25. The van der Waals surface area contributed by atoms with Crippen LogP contribution in [-0.4, -0.2) is 42.3 Å². The summed E-state index contributed by atoms with van der Waals surface area (Å²) in [5, 5.41) is 10.6. The van der Waals surface area contributed by atoms with Gasteiger partial charge in [-0.3, -0.25) is 10.1 Å². The molecular formula is C14H10ClN3O6S. The molecule has 0 amide bonds. The number of hydrogen-bond donors (Lipinski definition) is 0. The van der Waals surface area contributed by atoms with E-state index in [0.717, 1.165) is 6.07 Å². The van der Waals surface area contributed by atoms with Gasteiger partial charge < -0.3 is 9.64 Å². The fourth-order valence-electron chi connectivity index (χ4n) is 2.19. The Balaban J connectivity index is 1.77. The Morgan fingerprint density at radius 3 is 2.80 bits per heavy atom. The van der Waals surface area contributed by atoms with Gasteiger partial charge in [0, 0.05) is 24.9 Å². The van der Waals surface area contributed by atoms with Crippen LogP contribution in [0.2, 0.25) is 5.02 Å². The number of rotatable bonds is 3. The molecule has 0 aliphatic carbocycles. The molecule has 0 fully saturated rings. The first kappa shape index (κ1) is 17.1. The summed E-state index contributed by atoms with van der Waals surface area (Å²) in [6.07, 6.45) is 4.21. The Labute approximate surface area is 147 Å². The van der Waals surface area contributed by atoms with Gasteiger partial charge in [-0.15, -0.1) is 4.40 Å². The second-order valence-electron chi connectivity index (χ2n) is 5.11. The Kier molecular flexibility index (Phi) is 4.31. The summed E-state index contributed by atoms with van der Waals surface area (Å²) in [7, 11) is -3.48. The average Bonchev–Trinajstić information content (AvgIpc) is 2.53. The van der Waals surface area contributed by atoms with Gasteiger partial charge in [0.05, 0.1) is 16.2 Å². The van der Waals surface area contributed by atoms with E-state index in [2.05, 4.69) is 4.40 Å². The van der Waals surface area contributed by atoms with Crippen LogP contribution in [0.25, 0.3) is 0 Å². The number of fused-ring (bicyclic) bond motifs is 1. The van der Waals surface area contributed by atoms with E-state index < -0.39 is 20.9 Å². The predicted molar refractivity (Wildman–Crippen MR) is 88.9 cm³/mol. The second-order valence-corrected chi connectivity index (χ2v) is 7.27. The van der Waals surface area contributed by atoms with Gasteiger partial charge in [-0.05, 0) is 18.2 Å². The molecule has 1 aromatic carbocycles. The first-order chi connectivity index (χ1) is 11.7. The SMILES string of the molecule is O=C(Oc1ccc([N+](=O)[O-])c(Cl)c1)C1=CN2CCS(=O)(=O)N=C2C=C1. The molecule has 0 saturated carbocycles. The minimum Gasteiger partial charge on any atom is -0.423 e. The zero-order valence-electron chi connectivity index (χ0n) is 12.5. The maximum atomic E-state index is 12.2. The number of nitro groups is 1. The van der Waals surface area contributed by atoms with Crippen LogP contribution < -0.4 is 4.74 Å². The number of halogens is 1. The molecule has 9 nitrogen and oxygen atoms in total. The van der Waals surface area contributed by atoms with Crippen LogP contribution >= 0.6 is 11.6 Å². The number of esters is 1. The monoisotopic (exact) mass is 383 g/mol. The smallest absolute Gasteiger partial charge is 0.345 e. The number of benzene rings is 1. The minimum atomic E-state index is -3.48. The zero-order chi connectivity index (χ0) is 18.2. The normalized spacial score (nSPS) is 18.0. The van der Waals surface area contributed by atoms with Gasteiger partial charge in [-0.25, -0.2) is 13.2 Å². The minimum absolute atomic E-state index is 0.0515. The molecule has 0 bridgehead atoms. The molecule has 130 valence electrons. The summed E-state index contributed by atoms with van der Waals surface area (Å²) in [4.78, 5) is 23.8. The van der Waals surface area contributed by atoms with Gasteiger partial charge in [-0.1, -0.05) is 11.6 Å². The number of carbonyl (C=O) groups is 1. The van der Waals surface area contributed by atoms with Crippen molar-refractivity contribution < 1.29 is 22.9 Å². The second kappa shape index (κ2) is 6.30. The third-order valence-corrected chi connectivity index (χ3v) is 4.85. The molecule has 2 aliphatic rings. The van der Waals surface area contributed by atoms with Gasteiger partial charge in [0.1, 0.15) is 16.6 Å². The largest absolute Gasteiger partial charge is 0.423 e. The fraction of sp³-hybridized carbons (Fsp3) is 0.143. The molecule has 25 heavy (non-hydrogen) atoms. The van der Waals surface area contributed by atoms with Crippen LogP contribution in [0.15, 0.2) is 46.5 Å². The van der Waals surface area contributed by atoms with Gasteiger partial charge in [0.2, 0.25) is 0 Å². The summed E-state index contributed by atoms with van der Waals surface area (Å²) >= 11 is 5.77. The van der Waals surface area contributed by atoms with Crippen molar-refractivity contribution >= 4 is 39.1 Å². The van der Waals surface area contributed by atoms with Crippen molar-refractivity contribution in [1.82, 2.24) is 4.90 Å². The van der Waals surface area contributed by atoms with Gasteiger partial charge >= 0.3 is 5.97 Å². The van der Waals surface area contributed by atoms with Crippen molar-refractivity contribution in [2.75, 3.05) is 12.3 Å². The number of carbonyl (C=O) groups excluding carboxylic acids is 1. The molecular weight excluding hydrogens is 374 g/mol. The van der Waals surface area contributed by atoms with Crippen LogP contribution in [0.5, 0.6) is 5.75 Å². The molecule has 0 saturated heterocycles. The molecule has 0 radical (unpaired) electrons. The summed E-state index contributed by atoms with van der Waals surface area (Å²) in [6, 6.07) is 3.57. The number of amidine groups is 1. The number of sulfonamides is 1. The third-order valence-electron chi connectivity index (χ3n) is 3.39. The fourth-order valence-corrected chi connectivity index (χ4v) is 3.40. The van der Waals surface area contributed by atoms with Crippen molar-refractivity contribution in [1.29, 1.82) is 0 Å². The van der Waals surface area contributed by atoms with Crippen LogP contribution in [0, 0.1) is 10.1 Å². The summed E-state index contributed by atoms with van der Waals surface area (Å²) in [5.74, 6) is -0.591. The van der Waals surface area contributed by atoms with E-state index >= 15 is 0 Å². The van der Waals surface area contributed by atoms with Crippen molar-refractivity contribution in [3.05, 3.63) is 57.3 Å². The summed E-state index contributed by atoms with van der Waals surface area (Å²) in [5.41, 5.74) is -0.124. The highest BCUT2D eigenvalue weighted by molar-refractivity contribution is 7.90. The highest BCUT2D eigenvalue weighted by atomic mass is 35.5. The van der Waals surface area contributed by atoms with Crippen LogP contribution in [0.4, 0.5) is 5.69 Å². The zero-order valence-corrected chi connectivity index (χ0v) is 14.0. The van der Waals surface area contributed by atoms with Crippen molar-refractivity contribution in [2.45, 2.75) is 0 Å². The highest BCUT2D eigenvalue weighted by Crippen LogP contribution is 2.29. The van der Waals surface area contributed by atoms with Crippen molar-refractivity contribution in [2.24, 2.45) is 4.40 Å². The lowest BCUT2D eigenvalue weighted by Crippen LogP contribution is -2.37. The number of ether oxygens (including phenoxy) is 1. The van der Waals surface area contributed by atoms with Crippen molar-refractivity contribution in [3.8, 4) is 5.75 Å². The topological polar surface area (TPSA) is 119 Å². The molecule has 0 unspecified atom stereocenters. The lowest BCUT2D eigenvalue weighted by molar-refractivity contribution is -0.384.